The maximum atomic E-state index is 11.4. The zero-order chi connectivity index (χ0) is 14.0. The van der Waals surface area contributed by atoms with Gasteiger partial charge < -0.3 is 0 Å². The molecule has 0 amide bonds. The lowest BCUT2D eigenvalue weighted by Gasteiger charge is -2.17. The molecule has 2 unspecified atom stereocenters. The minimum atomic E-state index is -0.300. The van der Waals surface area contributed by atoms with Crippen molar-refractivity contribution in [3.8, 4) is 0 Å². The van der Waals surface area contributed by atoms with E-state index in [1.54, 1.807) is 18.3 Å². The van der Waals surface area contributed by atoms with Crippen LogP contribution in [-0.4, -0.2) is 14.7 Å². The molecule has 0 N–H and O–H groups in total. The van der Waals surface area contributed by atoms with Crippen molar-refractivity contribution in [2.45, 2.75) is 31.0 Å². The topological polar surface area (TPSA) is 56.0 Å². The number of rotatable bonds is 4. The van der Waals surface area contributed by atoms with Crippen LogP contribution in [0, 0.1) is 10.1 Å². The van der Waals surface area contributed by atoms with Gasteiger partial charge in [0.1, 0.15) is 0 Å². The standard InChI is InChI=1S/C14H15BrN2O2/c1-3-12(15)9(2)10-6-7-13-11(5-4-8-16-13)14(10)17(18)19/h4-9,12H,3H2,1-2H3. The first kappa shape index (κ1) is 13.9. The van der Waals surface area contributed by atoms with Crippen LogP contribution in [0.3, 0.4) is 0 Å². The fraction of sp³-hybridized carbons (Fsp3) is 0.357. The van der Waals surface area contributed by atoms with E-state index in [1.165, 1.54) is 0 Å². The van der Waals surface area contributed by atoms with Crippen LogP contribution in [0.1, 0.15) is 31.7 Å². The summed E-state index contributed by atoms with van der Waals surface area (Å²) in [4.78, 5) is 15.5. The van der Waals surface area contributed by atoms with E-state index in [2.05, 4.69) is 27.8 Å². The lowest BCUT2D eigenvalue weighted by Crippen LogP contribution is -2.10. The summed E-state index contributed by atoms with van der Waals surface area (Å²) in [6.07, 6.45) is 2.57. The Labute approximate surface area is 120 Å². The highest BCUT2D eigenvalue weighted by molar-refractivity contribution is 9.09. The third-order valence-electron chi connectivity index (χ3n) is 3.39. The second-order valence-corrected chi connectivity index (χ2v) is 5.72. The van der Waals surface area contributed by atoms with Gasteiger partial charge in [-0.2, -0.15) is 0 Å². The van der Waals surface area contributed by atoms with E-state index in [1.807, 2.05) is 19.1 Å². The minimum Gasteiger partial charge on any atom is -0.258 e. The number of nitro groups is 1. The van der Waals surface area contributed by atoms with Crippen molar-refractivity contribution in [1.82, 2.24) is 4.98 Å². The summed E-state index contributed by atoms with van der Waals surface area (Å²) in [5.41, 5.74) is 1.60. The summed E-state index contributed by atoms with van der Waals surface area (Å²) >= 11 is 3.59. The molecule has 0 spiro atoms. The van der Waals surface area contributed by atoms with E-state index in [0.29, 0.717) is 10.9 Å². The first-order chi connectivity index (χ1) is 9.06. The monoisotopic (exact) mass is 322 g/mol. The molecule has 19 heavy (non-hydrogen) atoms. The molecule has 0 saturated heterocycles. The molecule has 0 bridgehead atoms. The average molecular weight is 323 g/mol. The Kier molecular flexibility index (Phi) is 4.14. The lowest BCUT2D eigenvalue weighted by atomic mass is 9.93. The number of hydrogen-bond donors (Lipinski definition) is 0. The van der Waals surface area contributed by atoms with Gasteiger partial charge in [0.05, 0.1) is 15.8 Å². The maximum Gasteiger partial charge on any atom is 0.282 e. The predicted molar refractivity (Wildman–Crippen MR) is 79.8 cm³/mol. The van der Waals surface area contributed by atoms with Gasteiger partial charge in [0, 0.05) is 22.5 Å². The van der Waals surface area contributed by atoms with E-state index in [9.17, 15) is 10.1 Å². The van der Waals surface area contributed by atoms with Crippen molar-refractivity contribution in [3.05, 3.63) is 46.1 Å². The number of fused-ring (bicyclic) bond motifs is 1. The SMILES string of the molecule is CCC(Br)C(C)c1ccc2ncccc2c1[N+](=O)[O-]. The first-order valence-corrected chi connectivity index (χ1v) is 7.14. The van der Waals surface area contributed by atoms with Gasteiger partial charge in [0.2, 0.25) is 0 Å². The maximum absolute atomic E-state index is 11.4. The van der Waals surface area contributed by atoms with Crippen molar-refractivity contribution >= 4 is 32.5 Å². The van der Waals surface area contributed by atoms with E-state index in [0.717, 1.165) is 12.0 Å². The molecule has 0 fully saturated rings. The van der Waals surface area contributed by atoms with Gasteiger partial charge in [-0.3, -0.25) is 15.1 Å². The molecule has 4 nitrogen and oxygen atoms in total. The van der Waals surface area contributed by atoms with E-state index < -0.39 is 0 Å². The third-order valence-corrected chi connectivity index (χ3v) is 4.83. The minimum absolute atomic E-state index is 0.0787. The van der Waals surface area contributed by atoms with E-state index in [-0.39, 0.29) is 21.4 Å². The molecule has 100 valence electrons. The molecule has 0 saturated carbocycles. The van der Waals surface area contributed by atoms with E-state index >= 15 is 0 Å². The highest BCUT2D eigenvalue weighted by Crippen LogP contribution is 2.37. The van der Waals surface area contributed by atoms with Crippen LogP contribution in [0.2, 0.25) is 0 Å². The molecule has 5 heteroatoms. The second kappa shape index (κ2) is 5.65. The molecule has 2 aromatic rings. The average Bonchev–Trinajstić information content (AvgIpc) is 2.44. The molecule has 2 atom stereocenters. The number of pyridine rings is 1. The van der Waals surface area contributed by atoms with Gasteiger partial charge in [-0.15, -0.1) is 0 Å². The molecule has 0 radical (unpaired) electrons. The Hall–Kier alpha value is -1.49. The second-order valence-electron chi connectivity index (χ2n) is 4.54. The summed E-state index contributed by atoms with van der Waals surface area (Å²) in [5, 5.41) is 12.0. The molecule has 0 aliphatic heterocycles. The first-order valence-electron chi connectivity index (χ1n) is 6.22. The van der Waals surface area contributed by atoms with Crippen LogP contribution < -0.4 is 0 Å². The van der Waals surface area contributed by atoms with Crippen LogP contribution in [-0.2, 0) is 0 Å². The Morgan fingerprint density at radius 1 is 1.42 bits per heavy atom. The molecular weight excluding hydrogens is 308 g/mol. The normalized spacial score (nSPS) is 14.3. The van der Waals surface area contributed by atoms with Gasteiger partial charge in [0.25, 0.3) is 5.69 Å². The van der Waals surface area contributed by atoms with Crippen molar-refractivity contribution in [3.63, 3.8) is 0 Å². The number of benzene rings is 1. The smallest absolute Gasteiger partial charge is 0.258 e. The van der Waals surface area contributed by atoms with Crippen LogP contribution >= 0.6 is 15.9 Å². The molecule has 1 aromatic heterocycles. The number of nitro benzene ring substituents is 1. The molecule has 0 aliphatic carbocycles. The lowest BCUT2D eigenvalue weighted by molar-refractivity contribution is -0.383. The quantitative estimate of drug-likeness (QED) is 0.475. The Bertz CT molecular complexity index is 615. The molecular formula is C14H15BrN2O2. The Morgan fingerprint density at radius 2 is 2.16 bits per heavy atom. The number of hydrogen-bond acceptors (Lipinski definition) is 3. The van der Waals surface area contributed by atoms with Gasteiger partial charge in [-0.05, 0) is 30.7 Å². The van der Waals surface area contributed by atoms with Crippen molar-refractivity contribution in [2.24, 2.45) is 0 Å². The van der Waals surface area contributed by atoms with Crippen molar-refractivity contribution in [1.29, 1.82) is 0 Å². The number of alkyl halides is 1. The van der Waals surface area contributed by atoms with Crippen molar-refractivity contribution in [2.75, 3.05) is 0 Å². The van der Waals surface area contributed by atoms with Crippen LogP contribution in [0.4, 0.5) is 5.69 Å². The summed E-state index contributed by atoms with van der Waals surface area (Å²) in [6.45, 7) is 4.07. The largest absolute Gasteiger partial charge is 0.282 e. The summed E-state index contributed by atoms with van der Waals surface area (Å²) in [6, 6.07) is 7.16. The molecule has 1 heterocycles. The molecule has 1 aromatic carbocycles. The zero-order valence-electron chi connectivity index (χ0n) is 10.8. The Balaban J connectivity index is 2.67. The van der Waals surface area contributed by atoms with Crippen LogP contribution in [0.25, 0.3) is 10.9 Å². The fourth-order valence-corrected chi connectivity index (χ4v) is 2.56. The van der Waals surface area contributed by atoms with Gasteiger partial charge in [-0.1, -0.05) is 29.8 Å². The fourth-order valence-electron chi connectivity index (χ4n) is 2.27. The van der Waals surface area contributed by atoms with Crippen LogP contribution in [0.5, 0.6) is 0 Å². The molecule has 2 rings (SSSR count). The highest BCUT2D eigenvalue weighted by atomic mass is 79.9. The number of nitrogens with zero attached hydrogens (tertiary/aromatic N) is 2. The van der Waals surface area contributed by atoms with Crippen molar-refractivity contribution < 1.29 is 4.92 Å². The van der Waals surface area contributed by atoms with Gasteiger partial charge in [-0.25, -0.2) is 0 Å². The summed E-state index contributed by atoms with van der Waals surface area (Å²) < 4.78 is 0. The zero-order valence-corrected chi connectivity index (χ0v) is 12.4. The van der Waals surface area contributed by atoms with E-state index in [4.69, 9.17) is 0 Å². The van der Waals surface area contributed by atoms with Gasteiger partial charge in [0.15, 0.2) is 0 Å². The summed E-state index contributed by atoms with van der Waals surface area (Å²) in [7, 11) is 0. The highest BCUT2D eigenvalue weighted by Gasteiger charge is 2.25. The van der Waals surface area contributed by atoms with Gasteiger partial charge >= 0.3 is 0 Å². The molecule has 0 aliphatic rings. The summed E-state index contributed by atoms with van der Waals surface area (Å²) in [5.74, 6) is 0.0787. The third kappa shape index (κ3) is 2.61. The predicted octanol–water partition coefficient (Wildman–Crippen LogP) is 4.42. The van der Waals surface area contributed by atoms with Crippen LogP contribution in [0.15, 0.2) is 30.5 Å². The number of halogens is 1. The Morgan fingerprint density at radius 3 is 2.79 bits per heavy atom. The number of aromatic nitrogens is 1.